The molecule has 1 aromatic rings. The Morgan fingerprint density at radius 3 is 2.70 bits per heavy atom. The van der Waals surface area contributed by atoms with E-state index in [2.05, 4.69) is 5.32 Å². The molecule has 2 aliphatic rings. The van der Waals surface area contributed by atoms with E-state index in [0.29, 0.717) is 12.5 Å². The fourth-order valence-corrected chi connectivity index (χ4v) is 4.41. The number of sulfone groups is 1. The van der Waals surface area contributed by atoms with Gasteiger partial charge in [-0.2, -0.15) is 0 Å². The SMILES string of the molecule is O=C1CN(C2CCS(=O)(=O)C2)c2cc(F)cc(F)c2N1. The zero-order valence-electron chi connectivity index (χ0n) is 10.4. The minimum Gasteiger partial charge on any atom is -0.356 e. The van der Waals surface area contributed by atoms with Crippen molar-refractivity contribution in [3.63, 3.8) is 0 Å². The number of fused-ring (bicyclic) bond motifs is 1. The van der Waals surface area contributed by atoms with E-state index in [-0.39, 0.29) is 29.4 Å². The van der Waals surface area contributed by atoms with Crippen LogP contribution in [0.15, 0.2) is 12.1 Å². The Labute approximate surface area is 114 Å². The van der Waals surface area contributed by atoms with Crippen LogP contribution in [-0.2, 0) is 14.6 Å². The number of carbonyl (C=O) groups is 1. The summed E-state index contributed by atoms with van der Waals surface area (Å²) in [5, 5.41) is 2.36. The third kappa shape index (κ3) is 2.24. The Morgan fingerprint density at radius 1 is 1.30 bits per heavy atom. The largest absolute Gasteiger partial charge is 0.356 e. The fraction of sp³-hybridized carbons (Fsp3) is 0.417. The number of nitrogens with one attached hydrogen (secondary N) is 1. The smallest absolute Gasteiger partial charge is 0.244 e. The number of anilines is 2. The van der Waals surface area contributed by atoms with E-state index in [4.69, 9.17) is 0 Å². The summed E-state index contributed by atoms with van der Waals surface area (Å²) in [6.07, 6.45) is 0.354. The molecular weight excluding hydrogens is 290 g/mol. The van der Waals surface area contributed by atoms with Gasteiger partial charge in [-0.25, -0.2) is 17.2 Å². The van der Waals surface area contributed by atoms with Crippen LogP contribution in [0, 0.1) is 11.6 Å². The summed E-state index contributed by atoms with van der Waals surface area (Å²) in [6, 6.07) is 1.38. The van der Waals surface area contributed by atoms with E-state index < -0.39 is 33.4 Å². The molecule has 1 saturated heterocycles. The number of hydrogen-bond donors (Lipinski definition) is 1. The standard InChI is InChI=1S/C12H12F2N2O3S/c13-7-3-9(14)12-10(4-7)16(5-11(17)15-12)8-1-2-20(18,19)6-8/h3-4,8H,1-2,5-6H2,(H,15,17). The molecule has 108 valence electrons. The summed E-state index contributed by atoms with van der Waals surface area (Å²) in [5.74, 6) is -2.13. The monoisotopic (exact) mass is 302 g/mol. The van der Waals surface area contributed by atoms with Crippen LogP contribution in [0.3, 0.4) is 0 Å². The van der Waals surface area contributed by atoms with Crippen molar-refractivity contribution in [3.05, 3.63) is 23.8 Å². The number of benzene rings is 1. The molecule has 0 saturated carbocycles. The molecule has 1 amide bonds. The van der Waals surface area contributed by atoms with Crippen LogP contribution < -0.4 is 10.2 Å². The van der Waals surface area contributed by atoms with Crippen molar-refractivity contribution >= 4 is 27.1 Å². The molecule has 1 N–H and O–H groups in total. The van der Waals surface area contributed by atoms with Crippen LogP contribution in [0.1, 0.15) is 6.42 Å². The number of rotatable bonds is 1. The molecule has 0 radical (unpaired) electrons. The summed E-state index contributed by atoms with van der Waals surface area (Å²) >= 11 is 0. The molecule has 1 atom stereocenters. The lowest BCUT2D eigenvalue weighted by Crippen LogP contribution is -2.45. The maximum Gasteiger partial charge on any atom is 0.244 e. The maximum atomic E-state index is 13.7. The predicted molar refractivity (Wildman–Crippen MR) is 69.4 cm³/mol. The van der Waals surface area contributed by atoms with Gasteiger partial charge in [0, 0.05) is 12.1 Å². The van der Waals surface area contributed by atoms with Crippen LogP contribution in [0.4, 0.5) is 20.2 Å². The summed E-state index contributed by atoms with van der Waals surface area (Å²) < 4.78 is 50.2. The van der Waals surface area contributed by atoms with Gasteiger partial charge in [-0.1, -0.05) is 0 Å². The van der Waals surface area contributed by atoms with Gasteiger partial charge in [-0.05, 0) is 12.5 Å². The summed E-state index contributed by atoms with van der Waals surface area (Å²) in [6.45, 7) is -0.101. The molecule has 0 spiro atoms. The van der Waals surface area contributed by atoms with Crippen LogP contribution >= 0.6 is 0 Å². The van der Waals surface area contributed by atoms with Crippen molar-refractivity contribution in [1.29, 1.82) is 0 Å². The minimum absolute atomic E-state index is 0.0307. The van der Waals surface area contributed by atoms with Crippen molar-refractivity contribution < 1.29 is 22.0 Å². The highest BCUT2D eigenvalue weighted by Crippen LogP contribution is 2.36. The highest BCUT2D eigenvalue weighted by atomic mass is 32.2. The van der Waals surface area contributed by atoms with E-state index >= 15 is 0 Å². The molecule has 1 aromatic carbocycles. The van der Waals surface area contributed by atoms with Crippen LogP contribution in [0.5, 0.6) is 0 Å². The quantitative estimate of drug-likeness (QED) is 0.837. The molecule has 3 rings (SSSR count). The maximum absolute atomic E-state index is 13.7. The third-order valence-corrected chi connectivity index (χ3v) is 5.32. The molecule has 8 heteroatoms. The number of nitrogens with zero attached hydrogens (tertiary/aromatic N) is 1. The first-order valence-electron chi connectivity index (χ1n) is 6.12. The van der Waals surface area contributed by atoms with Gasteiger partial charge in [0.15, 0.2) is 15.7 Å². The molecule has 0 aliphatic carbocycles. The zero-order valence-corrected chi connectivity index (χ0v) is 11.2. The Kier molecular flexibility index (Phi) is 2.93. The molecule has 1 fully saturated rings. The van der Waals surface area contributed by atoms with Crippen molar-refractivity contribution in [2.75, 3.05) is 28.3 Å². The van der Waals surface area contributed by atoms with Crippen molar-refractivity contribution in [2.24, 2.45) is 0 Å². The molecule has 20 heavy (non-hydrogen) atoms. The van der Waals surface area contributed by atoms with E-state index in [0.717, 1.165) is 6.07 Å². The molecular formula is C12H12F2N2O3S. The van der Waals surface area contributed by atoms with Crippen molar-refractivity contribution in [2.45, 2.75) is 12.5 Å². The second kappa shape index (κ2) is 4.41. The number of carbonyl (C=O) groups excluding carboxylic acids is 1. The average molecular weight is 302 g/mol. The van der Waals surface area contributed by atoms with Gasteiger partial charge in [0.05, 0.1) is 23.7 Å². The lowest BCUT2D eigenvalue weighted by atomic mass is 10.1. The third-order valence-electron chi connectivity index (χ3n) is 3.57. The van der Waals surface area contributed by atoms with E-state index in [9.17, 15) is 22.0 Å². The van der Waals surface area contributed by atoms with Crippen LogP contribution in [-0.4, -0.2) is 38.4 Å². The van der Waals surface area contributed by atoms with Crippen LogP contribution in [0.25, 0.3) is 0 Å². The normalized spacial score (nSPS) is 24.4. The number of halogens is 2. The van der Waals surface area contributed by atoms with Gasteiger partial charge >= 0.3 is 0 Å². The summed E-state index contributed by atoms with van der Waals surface area (Å²) in [7, 11) is -3.15. The Balaban J connectivity index is 2.04. The molecule has 2 aliphatic heterocycles. The minimum atomic E-state index is -3.15. The lowest BCUT2D eigenvalue weighted by Gasteiger charge is -2.35. The van der Waals surface area contributed by atoms with Gasteiger partial charge in [-0.3, -0.25) is 4.79 Å². The first-order valence-corrected chi connectivity index (χ1v) is 7.94. The molecule has 1 unspecified atom stereocenters. The second-order valence-electron chi connectivity index (χ2n) is 5.01. The van der Waals surface area contributed by atoms with Gasteiger partial charge in [0.1, 0.15) is 11.5 Å². The Hall–Kier alpha value is -1.70. The summed E-state index contributed by atoms with van der Waals surface area (Å²) in [5.41, 5.74) is 0.108. The van der Waals surface area contributed by atoms with Crippen molar-refractivity contribution in [1.82, 2.24) is 0 Å². The fourth-order valence-electron chi connectivity index (χ4n) is 2.68. The van der Waals surface area contributed by atoms with Gasteiger partial charge in [0.25, 0.3) is 0 Å². The molecule has 5 nitrogen and oxygen atoms in total. The van der Waals surface area contributed by atoms with E-state index in [1.165, 1.54) is 4.90 Å². The first kappa shape index (κ1) is 13.3. The Morgan fingerprint density at radius 2 is 2.05 bits per heavy atom. The topological polar surface area (TPSA) is 66.5 Å². The van der Waals surface area contributed by atoms with Gasteiger partial charge in [0.2, 0.25) is 5.91 Å². The van der Waals surface area contributed by atoms with Gasteiger partial charge < -0.3 is 10.2 Å². The average Bonchev–Trinajstić information content (AvgIpc) is 2.70. The highest BCUT2D eigenvalue weighted by Gasteiger charge is 2.37. The molecule has 2 heterocycles. The molecule has 0 bridgehead atoms. The zero-order chi connectivity index (χ0) is 14.5. The summed E-state index contributed by atoms with van der Waals surface area (Å²) in [4.78, 5) is 13.1. The highest BCUT2D eigenvalue weighted by molar-refractivity contribution is 7.91. The van der Waals surface area contributed by atoms with E-state index in [1.54, 1.807) is 0 Å². The Bertz CT molecular complexity index is 690. The number of hydrogen-bond acceptors (Lipinski definition) is 4. The number of amides is 1. The van der Waals surface area contributed by atoms with E-state index in [1.807, 2.05) is 0 Å². The van der Waals surface area contributed by atoms with Crippen LogP contribution in [0.2, 0.25) is 0 Å². The first-order chi connectivity index (χ1) is 9.35. The lowest BCUT2D eigenvalue weighted by molar-refractivity contribution is -0.115. The van der Waals surface area contributed by atoms with Gasteiger partial charge in [-0.15, -0.1) is 0 Å². The second-order valence-corrected chi connectivity index (χ2v) is 7.24. The predicted octanol–water partition coefficient (Wildman–Crippen LogP) is 0.910. The molecule has 0 aromatic heterocycles. The van der Waals surface area contributed by atoms with Crippen molar-refractivity contribution in [3.8, 4) is 0 Å².